The fourth-order valence-corrected chi connectivity index (χ4v) is 6.43. The molecule has 16 nitrogen and oxygen atoms in total. The molecule has 5 aromatic carbocycles. The Bertz CT molecular complexity index is 2340. The normalized spacial score (nSPS) is 11.3. The van der Waals surface area contributed by atoms with Gasteiger partial charge in [-0.3, -0.25) is 19.2 Å². The van der Waals surface area contributed by atoms with Crippen molar-refractivity contribution in [2.75, 3.05) is 21.3 Å². The van der Waals surface area contributed by atoms with Gasteiger partial charge in [-0.2, -0.15) is 0 Å². The molecule has 0 heterocycles. The van der Waals surface area contributed by atoms with Gasteiger partial charge >= 0.3 is 23.9 Å². The van der Waals surface area contributed by atoms with Crippen LogP contribution in [-0.2, 0) is 38.4 Å². The second kappa shape index (κ2) is 21.9. The smallest absolute Gasteiger partial charge is 0.328 e. The third-order valence-corrected chi connectivity index (χ3v) is 9.13. The summed E-state index contributed by atoms with van der Waals surface area (Å²) in [4.78, 5) is 92.9. The Labute approximate surface area is 364 Å². The topological polar surface area (TPSA) is 266 Å². The highest BCUT2D eigenvalue weighted by molar-refractivity contribution is 6.04. The van der Waals surface area contributed by atoms with Gasteiger partial charge in [0.25, 0.3) is 0 Å². The average Bonchev–Trinajstić information content (AvgIpc) is 3.26. The van der Waals surface area contributed by atoms with Crippen molar-refractivity contribution in [3.8, 4) is 0 Å². The molecule has 8 N–H and O–H groups in total. The summed E-state index contributed by atoms with van der Waals surface area (Å²) in [6.45, 7) is 0. The van der Waals surface area contributed by atoms with E-state index in [1.54, 1.807) is 97.1 Å². The van der Waals surface area contributed by atoms with Crippen LogP contribution in [0.2, 0.25) is 0 Å². The molecule has 0 fully saturated rings. The fourth-order valence-electron chi connectivity index (χ4n) is 6.43. The van der Waals surface area contributed by atoms with Crippen molar-refractivity contribution in [1.82, 2.24) is 0 Å². The first-order valence-electron chi connectivity index (χ1n) is 19.0. The maximum absolute atomic E-state index is 12.3. The van der Waals surface area contributed by atoms with Crippen LogP contribution >= 0.6 is 0 Å². The quantitative estimate of drug-likeness (QED) is 0.0353. The van der Waals surface area contributed by atoms with E-state index in [4.69, 9.17) is 20.4 Å². The minimum Gasteiger partial charge on any atom is -0.478 e. The van der Waals surface area contributed by atoms with Gasteiger partial charge in [0, 0.05) is 83.2 Å². The lowest BCUT2D eigenvalue weighted by molar-refractivity contribution is -0.132. The Kier molecular flexibility index (Phi) is 15.7. The van der Waals surface area contributed by atoms with Crippen LogP contribution in [-0.4, -0.2) is 67.9 Å². The molecule has 5 aromatic rings. The summed E-state index contributed by atoms with van der Waals surface area (Å²) in [6.07, 6.45) is 6.46. The number of carboxylic acids is 4. The van der Waals surface area contributed by atoms with Gasteiger partial charge in [0.15, 0.2) is 0 Å². The molecule has 0 aliphatic heterocycles. The second-order valence-corrected chi connectivity index (χ2v) is 13.7. The Hall–Kier alpha value is -9.18. The number of rotatable bonds is 18. The zero-order chi connectivity index (χ0) is 46.2. The van der Waals surface area contributed by atoms with E-state index in [-0.39, 0.29) is 0 Å². The summed E-state index contributed by atoms with van der Waals surface area (Å²) in [6, 6.07) is 35.5. The molecule has 0 aliphatic rings. The molecule has 5 rings (SSSR count). The number of hydrogen-bond acceptors (Lipinski definition) is 8. The highest BCUT2D eigenvalue weighted by atomic mass is 16.4. The van der Waals surface area contributed by atoms with Gasteiger partial charge in [0.1, 0.15) is 0 Å². The van der Waals surface area contributed by atoms with E-state index in [1.807, 2.05) is 24.3 Å². The van der Waals surface area contributed by atoms with Gasteiger partial charge in [0.2, 0.25) is 23.6 Å². The summed E-state index contributed by atoms with van der Waals surface area (Å²) < 4.78 is 0. The molecule has 0 unspecified atom stereocenters. The summed E-state index contributed by atoms with van der Waals surface area (Å²) in [5, 5.41) is 46.1. The molecule has 0 saturated carbocycles. The second-order valence-electron chi connectivity index (χ2n) is 13.7. The van der Waals surface area contributed by atoms with Gasteiger partial charge in [-0.05, 0) is 81.9 Å². The van der Waals surface area contributed by atoms with Crippen molar-refractivity contribution < 1.29 is 58.8 Å². The van der Waals surface area contributed by atoms with E-state index < -0.39 is 59.3 Å². The summed E-state index contributed by atoms with van der Waals surface area (Å²) in [5.74, 6) is -8.59. The van der Waals surface area contributed by atoms with Crippen molar-refractivity contribution in [1.29, 1.82) is 0 Å². The number of carbonyl (C=O) groups excluding carboxylic acids is 4. The molecule has 0 radical (unpaired) electrons. The van der Waals surface area contributed by atoms with Crippen LogP contribution in [0.4, 0.5) is 22.7 Å². The molecule has 4 amide bonds. The molecule has 0 saturated heterocycles. The number of aliphatic carboxylic acids is 4. The van der Waals surface area contributed by atoms with Crippen LogP contribution in [0.15, 0.2) is 170 Å². The Morgan fingerprint density at radius 3 is 0.734 bits per heavy atom. The number of hydrogen-bond donors (Lipinski definition) is 8. The molecule has 0 aliphatic carbocycles. The molecular weight excluding hydrogens is 825 g/mol. The highest BCUT2D eigenvalue weighted by Gasteiger charge is 2.22. The summed E-state index contributed by atoms with van der Waals surface area (Å²) >= 11 is 0. The number of benzene rings is 5. The summed E-state index contributed by atoms with van der Waals surface area (Å²) in [5.41, 5.74) is 6.36. The van der Waals surface area contributed by atoms with Crippen LogP contribution in [0.1, 0.15) is 45.2 Å². The van der Waals surface area contributed by atoms with Crippen LogP contribution in [0.5, 0.6) is 0 Å². The summed E-state index contributed by atoms with van der Waals surface area (Å²) in [7, 11) is 0. The molecule has 0 aromatic heterocycles. The monoisotopic (exact) mass is 862 g/mol. The third kappa shape index (κ3) is 14.0. The lowest BCUT2D eigenvalue weighted by Crippen LogP contribution is -2.11. The number of anilines is 4. The molecule has 16 heteroatoms. The van der Waals surface area contributed by atoms with Gasteiger partial charge < -0.3 is 41.7 Å². The molecular formula is C48H38N4O12. The first kappa shape index (κ1) is 45.9. The minimum absolute atomic E-state index is 0.402. The van der Waals surface area contributed by atoms with E-state index in [2.05, 4.69) is 21.3 Å². The van der Waals surface area contributed by atoms with Crippen molar-refractivity contribution in [3.05, 3.63) is 203 Å². The van der Waals surface area contributed by atoms with Crippen molar-refractivity contribution in [2.24, 2.45) is 0 Å². The first-order valence-corrected chi connectivity index (χ1v) is 19.0. The van der Waals surface area contributed by atoms with E-state index >= 15 is 0 Å². The molecule has 64 heavy (non-hydrogen) atoms. The molecule has 0 bridgehead atoms. The predicted octanol–water partition coefficient (Wildman–Crippen LogP) is 6.36. The Morgan fingerprint density at radius 2 is 0.531 bits per heavy atom. The van der Waals surface area contributed by atoms with Crippen LogP contribution < -0.4 is 21.3 Å². The Morgan fingerprint density at radius 1 is 0.312 bits per heavy atom. The van der Waals surface area contributed by atoms with Gasteiger partial charge in [-0.25, -0.2) is 19.2 Å². The standard InChI is InChI=1S/C48H38N4O12/c53-39(20-24-43(57)58)49-35-12-4-29(5-13-35)47(30-6-14-36(15-7-30)50-40(54)21-25-44(59)60)33-2-1-3-34(28-33)48(31-8-16-37(17-9-31)51-41(55)22-26-45(61)62)32-10-18-38(19-11-32)52-42(56)23-27-46(63)64/h1-28,47-48H,(H,49,53)(H,50,54)(H,51,55)(H,52,56)(H,57,58)(H,59,60)(H,61,62)(H,63,64)/b24-20+,25-21+,26-22+,27-23+. The lowest BCUT2D eigenvalue weighted by Gasteiger charge is -2.24. The SMILES string of the molecule is O=C(O)/C=C/C(=O)Nc1ccc(C(c2ccc(NC(=O)/C=C/C(=O)O)cc2)c2cccc(C(c3ccc(NC(=O)/C=C/C(=O)O)cc3)c3ccc(NC(=O)/C=C/C(=O)O)cc3)c2)cc1. The van der Waals surface area contributed by atoms with Gasteiger partial charge in [0.05, 0.1) is 0 Å². The number of carboxylic acid groups (broad SMARTS) is 4. The molecule has 0 atom stereocenters. The maximum Gasteiger partial charge on any atom is 0.328 e. The molecule has 322 valence electrons. The zero-order valence-corrected chi connectivity index (χ0v) is 33.4. The number of carbonyl (C=O) groups is 8. The fraction of sp³-hybridized carbons (Fsp3) is 0.0417. The maximum atomic E-state index is 12.3. The van der Waals surface area contributed by atoms with Crippen LogP contribution in [0.25, 0.3) is 0 Å². The van der Waals surface area contributed by atoms with Crippen molar-refractivity contribution >= 4 is 70.3 Å². The number of nitrogens with one attached hydrogen (secondary N) is 4. The Balaban J connectivity index is 1.57. The van der Waals surface area contributed by atoms with Gasteiger partial charge in [-0.15, -0.1) is 0 Å². The van der Waals surface area contributed by atoms with Crippen LogP contribution in [0.3, 0.4) is 0 Å². The van der Waals surface area contributed by atoms with E-state index in [9.17, 15) is 38.4 Å². The van der Waals surface area contributed by atoms with Crippen molar-refractivity contribution in [3.63, 3.8) is 0 Å². The molecule has 0 spiro atoms. The lowest BCUT2D eigenvalue weighted by atomic mass is 9.80. The minimum atomic E-state index is -1.28. The van der Waals surface area contributed by atoms with Gasteiger partial charge in [-0.1, -0.05) is 72.8 Å². The largest absolute Gasteiger partial charge is 0.478 e. The van der Waals surface area contributed by atoms with E-state index in [0.717, 1.165) is 82.0 Å². The van der Waals surface area contributed by atoms with Crippen LogP contribution in [0, 0.1) is 0 Å². The third-order valence-electron chi connectivity index (χ3n) is 9.13. The van der Waals surface area contributed by atoms with Crippen molar-refractivity contribution in [2.45, 2.75) is 11.8 Å². The number of amides is 4. The highest BCUT2D eigenvalue weighted by Crippen LogP contribution is 2.38. The first-order chi connectivity index (χ1) is 30.6. The predicted molar refractivity (Wildman–Crippen MR) is 236 cm³/mol. The zero-order valence-electron chi connectivity index (χ0n) is 33.4. The average molecular weight is 863 g/mol. The van der Waals surface area contributed by atoms with E-state index in [1.165, 1.54) is 0 Å². The van der Waals surface area contributed by atoms with E-state index in [0.29, 0.717) is 22.7 Å².